The third-order valence-electron chi connectivity index (χ3n) is 2.99. The number of hydrogen-bond donors (Lipinski definition) is 3. The van der Waals surface area contributed by atoms with Crippen LogP contribution in [0.3, 0.4) is 0 Å². The second-order valence-corrected chi connectivity index (χ2v) is 5.50. The Morgan fingerprint density at radius 2 is 1.83 bits per heavy atom. The number of halogens is 1. The van der Waals surface area contributed by atoms with Crippen molar-refractivity contribution in [2.45, 2.75) is 0 Å². The Morgan fingerprint density at radius 3 is 2.52 bits per heavy atom. The first-order valence-electron chi connectivity index (χ1n) is 6.60. The van der Waals surface area contributed by atoms with Crippen molar-refractivity contribution in [1.82, 2.24) is 21.0 Å². The first-order valence-corrected chi connectivity index (χ1v) is 7.39. The van der Waals surface area contributed by atoms with Gasteiger partial charge in [0.2, 0.25) is 5.76 Å². The van der Waals surface area contributed by atoms with Crippen LogP contribution in [0.1, 0.15) is 21.0 Å². The van der Waals surface area contributed by atoms with Crippen LogP contribution < -0.4 is 10.9 Å². The Bertz CT molecular complexity index is 841. The van der Waals surface area contributed by atoms with E-state index in [4.69, 9.17) is 4.52 Å². The topological polar surface area (TPSA) is 100 Å². The van der Waals surface area contributed by atoms with Gasteiger partial charge in [0.15, 0.2) is 0 Å². The second-order valence-electron chi connectivity index (χ2n) is 4.58. The van der Waals surface area contributed by atoms with Gasteiger partial charge in [-0.25, -0.2) is 0 Å². The summed E-state index contributed by atoms with van der Waals surface area (Å²) in [6.45, 7) is 0. The van der Waals surface area contributed by atoms with Crippen LogP contribution in [-0.4, -0.2) is 22.0 Å². The van der Waals surface area contributed by atoms with Crippen LogP contribution in [0.2, 0.25) is 0 Å². The summed E-state index contributed by atoms with van der Waals surface area (Å²) in [4.78, 5) is 26.5. The van der Waals surface area contributed by atoms with Crippen LogP contribution in [-0.2, 0) is 0 Å². The molecule has 3 rings (SSSR count). The van der Waals surface area contributed by atoms with Crippen LogP contribution in [0.5, 0.6) is 0 Å². The second kappa shape index (κ2) is 6.49. The average molecular weight is 375 g/mol. The highest BCUT2D eigenvalue weighted by atomic mass is 79.9. The van der Waals surface area contributed by atoms with E-state index in [2.05, 4.69) is 36.9 Å². The maximum atomic E-state index is 12.0. The van der Waals surface area contributed by atoms with E-state index in [0.717, 1.165) is 10.0 Å². The van der Waals surface area contributed by atoms with Gasteiger partial charge < -0.3 is 9.51 Å². The lowest BCUT2D eigenvalue weighted by Crippen LogP contribution is -2.41. The van der Waals surface area contributed by atoms with Crippen molar-refractivity contribution in [3.05, 3.63) is 64.6 Å². The molecule has 0 fully saturated rings. The van der Waals surface area contributed by atoms with Gasteiger partial charge in [0.05, 0.1) is 0 Å². The zero-order chi connectivity index (χ0) is 16.2. The van der Waals surface area contributed by atoms with E-state index in [0.29, 0.717) is 11.4 Å². The summed E-state index contributed by atoms with van der Waals surface area (Å²) in [6.07, 6.45) is 1.61. The molecule has 0 atom stereocenters. The van der Waals surface area contributed by atoms with Crippen molar-refractivity contribution in [2.24, 2.45) is 0 Å². The molecule has 0 spiro atoms. The van der Waals surface area contributed by atoms with Crippen LogP contribution in [0.15, 0.2) is 57.7 Å². The Labute approximate surface area is 139 Å². The lowest BCUT2D eigenvalue weighted by molar-refractivity contribution is 0.0823. The van der Waals surface area contributed by atoms with Gasteiger partial charge >= 0.3 is 5.91 Å². The number of benzene rings is 1. The molecule has 116 valence electrons. The van der Waals surface area contributed by atoms with Gasteiger partial charge in [-0.2, -0.15) is 0 Å². The molecule has 2 amide bonds. The molecular weight excluding hydrogens is 364 g/mol. The number of hydrazine groups is 1. The van der Waals surface area contributed by atoms with E-state index >= 15 is 0 Å². The maximum absolute atomic E-state index is 12.0. The van der Waals surface area contributed by atoms with E-state index in [-0.39, 0.29) is 5.76 Å². The van der Waals surface area contributed by atoms with Crippen LogP contribution in [0.4, 0.5) is 0 Å². The molecule has 1 aromatic carbocycles. The molecule has 0 radical (unpaired) electrons. The van der Waals surface area contributed by atoms with Crippen LogP contribution in [0.25, 0.3) is 11.3 Å². The van der Waals surface area contributed by atoms with E-state index < -0.39 is 11.8 Å². The fraction of sp³-hybridized carbons (Fsp3) is 0. The van der Waals surface area contributed by atoms with Crippen molar-refractivity contribution in [3.63, 3.8) is 0 Å². The van der Waals surface area contributed by atoms with E-state index in [1.807, 2.05) is 30.3 Å². The summed E-state index contributed by atoms with van der Waals surface area (Å²) in [6, 6.07) is 12.4. The van der Waals surface area contributed by atoms with Gasteiger partial charge in [0.1, 0.15) is 11.4 Å². The van der Waals surface area contributed by atoms with E-state index in [1.165, 1.54) is 6.07 Å². The monoisotopic (exact) mass is 374 g/mol. The third kappa shape index (κ3) is 3.49. The average Bonchev–Trinajstić information content (AvgIpc) is 3.22. The van der Waals surface area contributed by atoms with E-state index in [1.54, 1.807) is 12.3 Å². The first kappa shape index (κ1) is 15.0. The van der Waals surface area contributed by atoms with Gasteiger partial charge in [-0.15, -0.1) is 0 Å². The molecule has 0 aliphatic carbocycles. The molecule has 2 aromatic heterocycles. The highest BCUT2D eigenvalue weighted by Gasteiger charge is 2.15. The quantitative estimate of drug-likeness (QED) is 0.613. The number of carbonyl (C=O) groups is 2. The van der Waals surface area contributed by atoms with Gasteiger partial charge in [-0.05, 0) is 22.0 Å². The minimum Gasteiger partial charge on any atom is -0.356 e. The van der Waals surface area contributed by atoms with E-state index in [9.17, 15) is 9.59 Å². The summed E-state index contributed by atoms with van der Waals surface area (Å²) in [5.74, 6) is -1.08. The third-order valence-corrected chi connectivity index (χ3v) is 3.44. The number of aromatic amines is 1. The fourth-order valence-electron chi connectivity index (χ4n) is 1.87. The van der Waals surface area contributed by atoms with Gasteiger partial charge in [-0.1, -0.05) is 35.5 Å². The molecule has 0 saturated heterocycles. The first-order chi connectivity index (χ1) is 11.1. The normalized spacial score (nSPS) is 10.3. The van der Waals surface area contributed by atoms with Crippen molar-refractivity contribution in [1.29, 1.82) is 0 Å². The number of nitrogens with zero attached hydrogens (tertiary/aromatic N) is 1. The summed E-state index contributed by atoms with van der Waals surface area (Å²) in [7, 11) is 0. The molecule has 3 aromatic rings. The molecule has 3 N–H and O–H groups in total. The summed E-state index contributed by atoms with van der Waals surface area (Å²) in [5, 5.41) is 3.84. The smallest absolute Gasteiger partial charge is 0.308 e. The van der Waals surface area contributed by atoms with Gasteiger partial charge in [-0.3, -0.25) is 20.4 Å². The number of carbonyl (C=O) groups excluding carboxylic acids is 2. The number of rotatable bonds is 3. The van der Waals surface area contributed by atoms with Crippen molar-refractivity contribution in [2.75, 3.05) is 0 Å². The molecule has 0 bridgehead atoms. The Balaban J connectivity index is 1.63. The summed E-state index contributed by atoms with van der Waals surface area (Å²) < 4.78 is 5.73. The number of hydrogen-bond acceptors (Lipinski definition) is 4. The standard InChI is InChI=1S/C15H11BrN4O3/c16-10-6-12(17-8-10)14(21)18-19-15(22)13-7-11(20-23-13)9-4-2-1-3-5-9/h1-8,17H,(H,18,21)(H,19,22). The number of amides is 2. The molecule has 0 saturated carbocycles. The molecule has 0 unspecified atom stereocenters. The minimum atomic E-state index is -0.598. The molecule has 2 heterocycles. The lowest BCUT2D eigenvalue weighted by atomic mass is 10.1. The van der Waals surface area contributed by atoms with Crippen LogP contribution in [0, 0.1) is 0 Å². The molecule has 7 nitrogen and oxygen atoms in total. The maximum Gasteiger partial charge on any atom is 0.308 e. The Kier molecular flexibility index (Phi) is 4.24. The van der Waals surface area contributed by atoms with Crippen LogP contribution >= 0.6 is 15.9 Å². The number of H-pyrrole nitrogens is 1. The zero-order valence-corrected chi connectivity index (χ0v) is 13.3. The molecular formula is C15H11BrN4O3. The molecule has 0 aliphatic rings. The zero-order valence-electron chi connectivity index (χ0n) is 11.7. The summed E-state index contributed by atoms with van der Waals surface area (Å²) in [5.41, 5.74) is 6.22. The highest BCUT2D eigenvalue weighted by molar-refractivity contribution is 9.10. The van der Waals surface area contributed by atoms with Crippen molar-refractivity contribution < 1.29 is 14.1 Å². The Morgan fingerprint density at radius 1 is 1.09 bits per heavy atom. The highest BCUT2D eigenvalue weighted by Crippen LogP contribution is 2.18. The fourth-order valence-corrected chi connectivity index (χ4v) is 2.21. The van der Waals surface area contributed by atoms with Gasteiger partial charge in [0.25, 0.3) is 5.91 Å². The van der Waals surface area contributed by atoms with Crippen molar-refractivity contribution in [3.8, 4) is 11.3 Å². The van der Waals surface area contributed by atoms with Gasteiger partial charge in [0, 0.05) is 22.3 Å². The number of nitrogens with one attached hydrogen (secondary N) is 3. The predicted octanol–water partition coefficient (Wildman–Crippen LogP) is 2.51. The number of aromatic nitrogens is 2. The molecule has 0 aliphatic heterocycles. The predicted molar refractivity (Wildman–Crippen MR) is 85.4 cm³/mol. The Hall–Kier alpha value is -2.87. The molecule has 23 heavy (non-hydrogen) atoms. The lowest BCUT2D eigenvalue weighted by Gasteiger charge is -2.03. The SMILES string of the molecule is O=C(NNC(=O)c1cc(-c2ccccc2)no1)c1cc(Br)c[nH]1. The largest absolute Gasteiger partial charge is 0.356 e. The summed E-state index contributed by atoms with van der Waals surface area (Å²) >= 11 is 3.22. The van der Waals surface area contributed by atoms with Crippen molar-refractivity contribution >= 4 is 27.7 Å². The molecule has 8 heteroatoms. The minimum absolute atomic E-state index is 0.00295.